The van der Waals surface area contributed by atoms with Crippen LogP contribution in [0.25, 0.3) is 0 Å². The largest absolute Gasteiger partial charge is 0.331 e. The van der Waals surface area contributed by atoms with Gasteiger partial charge >= 0.3 is 0 Å². The number of rotatable bonds is 28. The number of benzene rings is 1. The van der Waals surface area contributed by atoms with Crippen molar-refractivity contribution in [2.45, 2.75) is 153 Å². The summed E-state index contributed by atoms with van der Waals surface area (Å²) in [6, 6.07) is 9.21. The minimum Gasteiger partial charge on any atom is -0.331 e. The van der Waals surface area contributed by atoms with Crippen LogP contribution in [-0.4, -0.2) is 54.6 Å². The Hall–Kier alpha value is -1.02. The molecule has 0 N–H and O–H groups in total. The van der Waals surface area contributed by atoms with Gasteiger partial charge in [-0.15, -0.1) is 0 Å². The van der Waals surface area contributed by atoms with E-state index < -0.39 is 11.9 Å². The molecule has 246 valence electrons. The van der Waals surface area contributed by atoms with Crippen LogP contribution < -0.4 is 0 Å². The lowest BCUT2D eigenvalue weighted by atomic mass is 9.84. The molecule has 0 aliphatic carbocycles. The highest BCUT2D eigenvalue weighted by Gasteiger charge is 2.29. The Labute approximate surface area is 259 Å². The molecule has 1 aromatic rings. The van der Waals surface area contributed by atoms with E-state index in [1.54, 1.807) is 53.8 Å². The Morgan fingerprint density at radius 3 is 0.976 bits per heavy atom. The summed E-state index contributed by atoms with van der Waals surface area (Å²) in [5.41, 5.74) is 3.14. The molecule has 1 rings (SSSR count). The van der Waals surface area contributed by atoms with Crippen molar-refractivity contribution in [1.82, 2.24) is 0 Å². The van der Waals surface area contributed by atoms with Crippen molar-refractivity contribution in [2.24, 2.45) is 0 Å². The van der Waals surface area contributed by atoms with E-state index >= 15 is 0 Å². The third kappa shape index (κ3) is 14.6. The quantitative estimate of drug-likeness (QED) is 0.0711. The first-order valence-corrected chi connectivity index (χ1v) is 16.8. The minimum absolute atomic E-state index is 0.627. The van der Waals surface area contributed by atoms with Gasteiger partial charge in [-0.2, -0.15) is 0 Å². The van der Waals surface area contributed by atoms with Crippen LogP contribution in [0.15, 0.2) is 24.3 Å². The molecular formula is C36H66O6. The standard InChI is InChI=1S/C36H66O6/c1-31(25-19-15-11-9-13-17-23-29-35(37-3,38-4)39-5)33-27-21-22-28-34(33)32(2)26-20-16-12-10-14-18-24-30-36(40-6,41-7)42-8/h21-22,27-28,31-32H,9-20,23-26,29-30H2,1-8H3. The molecule has 42 heavy (non-hydrogen) atoms. The molecule has 0 saturated carbocycles. The Morgan fingerprint density at radius 2 is 0.690 bits per heavy atom. The second-order valence-electron chi connectivity index (χ2n) is 12.0. The summed E-state index contributed by atoms with van der Waals surface area (Å²) in [5, 5.41) is 0. The molecule has 0 saturated heterocycles. The van der Waals surface area contributed by atoms with Gasteiger partial charge in [0.05, 0.1) is 0 Å². The van der Waals surface area contributed by atoms with E-state index in [0.717, 1.165) is 25.7 Å². The van der Waals surface area contributed by atoms with E-state index in [2.05, 4.69) is 38.1 Å². The van der Waals surface area contributed by atoms with Gasteiger partial charge in [-0.3, -0.25) is 0 Å². The number of hydrogen-bond acceptors (Lipinski definition) is 6. The summed E-state index contributed by atoms with van der Waals surface area (Å²) >= 11 is 0. The van der Waals surface area contributed by atoms with Crippen molar-refractivity contribution in [3.63, 3.8) is 0 Å². The molecule has 0 aliphatic rings. The number of unbranched alkanes of at least 4 members (excludes halogenated alkanes) is 12. The third-order valence-electron chi connectivity index (χ3n) is 9.16. The van der Waals surface area contributed by atoms with Crippen LogP contribution >= 0.6 is 0 Å². The van der Waals surface area contributed by atoms with E-state index in [1.165, 1.54) is 89.9 Å². The molecule has 0 fully saturated rings. The van der Waals surface area contributed by atoms with Crippen LogP contribution in [-0.2, 0) is 28.4 Å². The van der Waals surface area contributed by atoms with Crippen molar-refractivity contribution in [2.75, 3.05) is 42.7 Å². The molecular weight excluding hydrogens is 528 g/mol. The molecule has 0 spiro atoms. The van der Waals surface area contributed by atoms with Crippen LogP contribution in [0.1, 0.15) is 152 Å². The van der Waals surface area contributed by atoms with Crippen LogP contribution in [0.5, 0.6) is 0 Å². The minimum atomic E-state index is -0.876. The van der Waals surface area contributed by atoms with Gasteiger partial charge in [0, 0.05) is 55.5 Å². The first kappa shape index (κ1) is 39.0. The number of ether oxygens (including phenoxy) is 6. The molecule has 6 nitrogen and oxygen atoms in total. The molecule has 2 unspecified atom stereocenters. The zero-order chi connectivity index (χ0) is 31.1. The van der Waals surface area contributed by atoms with Crippen LogP contribution in [0.3, 0.4) is 0 Å². The van der Waals surface area contributed by atoms with Gasteiger partial charge in [-0.1, -0.05) is 115 Å². The second-order valence-corrected chi connectivity index (χ2v) is 12.0. The summed E-state index contributed by atoms with van der Waals surface area (Å²) in [4.78, 5) is 0. The van der Waals surface area contributed by atoms with Gasteiger partial charge in [-0.05, 0) is 48.6 Å². The van der Waals surface area contributed by atoms with Crippen molar-refractivity contribution in [3.05, 3.63) is 35.4 Å². The van der Waals surface area contributed by atoms with Crippen LogP contribution in [0.2, 0.25) is 0 Å². The highest BCUT2D eigenvalue weighted by molar-refractivity contribution is 5.32. The lowest BCUT2D eigenvalue weighted by Gasteiger charge is -2.28. The van der Waals surface area contributed by atoms with Gasteiger partial charge in [0.25, 0.3) is 11.9 Å². The summed E-state index contributed by atoms with van der Waals surface area (Å²) in [5.74, 6) is -0.499. The van der Waals surface area contributed by atoms with Crippen LogP contribution in [0, 0.1) is 0 Å². The van der Waals surface area contributed by atoms with Crippen molar-refractivity contribution in [1.29, 1.82) is 0 Å². The van der Waals surface area contributed by atoms with E-state index in [9.17, 15) is 0 Å². The van der Waals surface area contributed by atoms with Gasteiger partial charge in [0.1, 0.15) is 0 Å². The molecule has 1 aromatic carbocycles. The second kappa shape index (κ2) is 23.4. The molecule has 2 atom stereocenters. The normalized spacial score (nSPS) is 13.9. The Morgan fingerprint density at radius 1 is 0.429 bits per heavy atom. The van der Waals surface area contributed by atoms with E-state index in [0.29, 0.717) is 11.8 Å². The summed E-state index contributed by atoms with van der Waals surface area (Å²) < 4.78 is 32.3. The molecule has 0 amide bonds. The Kier molecular flexibility index (Phi) is 21.7. The highest BCUT2D eigenvalue weighted by atomic mass is 16.9. The smallest absolute Gasteiger partial charge is 0.282 e. The van der Waals surface area contributed by atoms with E-state index in [-0.39, 0.29) is 0 Å². The average molecular weight is 595 g/mol. The maximum absolute atomic E-state index is 5.38. The molecule has 0 radical (unpaired) electrons. The monoisotopic (exact) mass is 594 g/mol. The summed E-state index contributed by atoms with van der Waals surface area (Å²) in [6.45, 7) is 4.85. The fourth-order valence-corrected chi connectivity index (χ4v) is 6.18. The number of methoxy groups -OCH3 is 6. The molecule has 6 heteroatoms. The zero-order valence-corrected chi connectivity index (χ0v) is 28.6. The summed E-state index contributed by atoms with van der Waals surface area (Å²) in [7, 11) is 9.83. The van der Waals surface area contributed by atoms with Crippen molar-refractivity contribution >= 4 is 0 Å². The van der Waals surface area contributed by atoms with Gasteiger partial charge in [0.15, 0.2) is 0 Å². The van der Waals surface area contributed by atoms with Gasteiger partial charge in [-0.25, -0.2) is 0 Å². The third-order valence-corrected chi connectivity index (χ3v) is 9.16. The summed E-state index contributed by atoms with van der Waals surface area (Å²) in [6.07, 6.45) is 21.7. The predicted molar refractivity (Wildman–Crippen MR) is 174 cm³/mol. The zero-order valence-electron chi connectivity index (χ0n) is 28.6. The topological polar surface area (TPSA) is 55.4 Å². The highest BCUT2D eigenvalue weighted by Crippen LogP contribution is 2.32. The van der Waals surface area contributed by atoms with Gasteiger partial charge < -0.3 is 28.4 Å². The fraction of sp³-hybridized carbons (Fsp3) is 0.833. The molecule has 0 aliphatic heterocycles. The van der Waals surface area contributed by atoms with Gasteiger partial charge in [0.2, 0.25) is 0 Å². The van der Waals surface area contributed by atoms with Crippen LogP contribution in [0.4, 0.5) is 0 Å². The van der Waals surface area contributed by atoms with E-state index in [4.69, 9.17) is 28.4 Å². The molecule has 0 heterocycles. The van der Waals surface area contributed by atoms with Crippen molar-refractivity contribution < 1.29 is 28.4 Å². The maximum Gasteiger partial charge on any atom is 0.282 e. The Bertz CT molecular complexity index is 681. The lowest BCUT2D eigenvalue weighted by Crippen LogP contribution is -2.35. The average Bonchev–Trinajstić information content (AvgIpc) is 3.03. The van der Waals surface area contributed by atoms with Crippen molar-refractivity contribution in [3.8, 4) is 0 Å². The molecule has 0 bridgehead atoms. The SMILES string of the molecule is COC(CCCCCCCCCC(C)c1ccccc1C(C)CCCCCCCCCC(OC)(OC)OC)(OC)OC. The maximum atomic E-state index is 5.38. The van der Waals surface area contributed by atoms with E-state index in [1.807, 2.05) is 0 Å². The first-order valence-electron chi connectivity index (χ1n) is 16.8. The lowest BCUT2D eigenvalue weighted by molar-refractivity contribution is -0.355. The first-order chi connectivity index (χ1) is 20.4. The molecule has 0 aromatic heterocycles. The number of hydrogen-bond donors (Lipinski definition) is 0. The predicted octanol–water partition coefficient (Wildman–Crippen LogP) is 10.1. The fourth-order valence-electron chi connectivity index (χ4n) is 6.18. The Balaban J connectivity index is 2.22.